The van der Waals surface area contributed by atoms with E-state index < -0.39 is 24.0 Å². The summed E-state index contributed by atoms with van der Waals surface area (Å²) in [6.07, 6.45) is -1.14. The van der Waals surface area contributed by atoms with Crippen LogP contribution < -0.4 is 16.4 Å². The Labute approximate surface area is 151 Å². The number of ether oxygens (including phenoxy) is 1. The van der Waals surface area contributed by atoms with Gasteiger partial charge in [-0.2, -0.15) is 0 Å². The Kier molecular flexibility index (Phi) is 6.32. The van der Waals surface area contributed by atoms with E-state index in [-0.39, 0.29) is 11.5 Å². The van der Waals surface area contributed by atoms with E-state index in [1.807, 2.05) is 35.6 Å². The van der Waals surface area contributed by atoms with Crippen LogP contribution in [0.4, 0.5) is 16.2 Å². The summed E-state index contributed by atoms with van der Waals surface area (Å²) in [5.41, 5.74) is 6.58. The molecule has 1 atom stereocenters. The van der Waals surface area contributed by atoms with Crippen LogP contribution in [0, 0.1) is 5.92 Å². The van der Waals surface area contributed by atoms with Crippen LogP contribution >= 0.6 is 0 Å². The third-order valence-electron chi connectivity index (χ3n) is 3.54. The Morgan fingerprint density at radius 2 is 1.58 bits per heavy atom. The molecule has 3 amide bonds. The van der Waals surface area contributed by atoms with Crippen molar-refractivity contribution in [1.29, 1.82) is 0 Å². The summed E-state index contributed by atoms with van der Waals surface area (Å²) in [6, 6.07) is 15.1. The Morgan fingerprint density at radius 3 is 2.19 bits per heavy atom. The quantitative estimate of drug-likeness (QED) is 0.690. The van der Waals surface area contributed by atoms with Crippen molar-refractivity contribution in [2.24, 2.45) is 11.7 Å². The molecule has 2 aromatic carbocycles. The van der Waals surface area contributed by atoms with Crippen molar-refractivity contribution in [2.45, 2.75) is 20.0 Å². The van der Waals surface area contributed by atoms with Crippen LogP contribution in [0.3, 0.4) is 0 Å². The van der Waals surface area contributed by atoms with Crippen LogP contribution in [-0.2, 0) is 9.53 Å². The fourth-order valence-corrected chi connectivity index (χ4v) is 2.31. The predicted octanol–water partition coefficient (Wildman–Crippen LogP) is 2.81. The molecule has 0 aliphatic carbocycles. The molecule has 2 aromatic rings. The second-order valence-corrected chi connectivity index (χ2v) is 5.96. The maximum atomic E-state index is 12.6. The largest absolute Gasteiger partial charge is 0.448 e. The van der Waals surface area contributed by atoms with Gasteiger partial charge in [-0.15, -0.1) is 0 Å². The number of hydrogen-bond donors (Lipinski definition) is 3. The average molecular weight is 355 g/mol. The average Bonchev–Trinajstić information content (AvgIpc) is 2.60. The molecule has 0 unspecified atom stereocenters. The van der Waals surface area contributed by atoms with Crippen molar-refractivity contribution >= 4 is 29.3 Å². The lowest BCUT2D eigenvalue weighted by Gasteiger charge is -2.20. The Morgan fingerprint density at radius 1 is 0.962 bits per heavy atom. The molecule has 0 aliphatic heterocycles. The number of carbonyl (C=O) groups excluding carboxylic acids is 3. The molecule has 0 radical (unpaired) electrons. The number of esters is 1. The molecule has 0 saturated carbocycles. The van der Waals surface area contributed by atoms with Crippen LogP contribution in [0.25, 0.3) is 0 Å². The lowest BCUT2D eigenvalue weighted by molar-refractivity contribution is -0.130. The summed E-state index contributed by atoms with van der Waals surface area (Å²) >= 11 is 0. The number of carbonyl (C=O) groups is 3. The lowest BCUT2D eigenvalue weighted by atomic mass is 10.1. The molecule has 0 heterocycles. The van der Waals surface area contributed by atoms with Gasteiger partial charge in [0.05, 0.1) is 11.3 Å². The van der Waals surface area contributed by atoms with Gasteiger partial charge in [-0.25, -0.2) is 9.59 Å². The molecule has 7 heteroatoms. The van der Waals surface area contributed by atoms with E-state index in [9.17, 15) is 14.4 Å². The zero-order chi connectivity index (χ0) is 19.1. The topological polar surface area (TPSA) is 111 Å². The zero-order valence-corrected chi connectivity index (χ0v) is 14.6. The highest BCUT2D eigenvalue weighted by atomic mass is 16.5. The third-order valence-corrected chi connectivity index (χ3v) is 3.54. The monoisotopic (exact) mass is 355 g/mol. The van der Waals surface area contributed by atoms with Gasteiger partial charge < -0.3 is 15.8 Å². The number of imide groups is 1. The van der Waals surface area contributed by atoms with Crippen molar-refractivity contribution in [3.8, 4) is 0 Å². The molecule has 136 valence electrons. The van der Waals surface area contributed by atoms with Gasteiger partial charge >= 0.3 is 12.0 Å². The second kappa shape index (κ2) is 8.66. The van der Waals surface area contributed by atoms with E-state index in [1.54, 1.807) is 38.1 Å². The van der Waals surface area contributed by atoms with Gasteiger partial charge in [0.25, 0.3) is 5.91 Å². The fourth-order valence-electron chi connectivity index (χ4n) is 2.31. The minimum absolute atomic E-state index is 0.272. The van der Waals surface area contributed by atoms with Gasteiger partial charge in [0, 0.05) is 5.69 Å². The number of hydrogen-bond acceptors (Lipinski definition) is 5. The number of amides is 3. The minimum Gasteiger partial charge on any atom is -0.448 e. The highest BCUT2D eigenvalue weighted by molar-refractivity contribution is 6.00. The van der Waals surface area contributed by atoms with Crippen LogP contribution in [0.1, 0.15) is 24.2 Å². The van der Waals surface area contributed by atoms with Gasteiger partial charge in [-0.1, -0.05) is 44.2 Å². The molecule has 0 aliphatic rings. The van der Waals surface area contributed by atoms with Gasteiger partial charge in [0.15, 0.2) is 6.10 Å². The van der Waals surface area contributed by atoms with Crippen LogP contribution in [0.15, 0.2) is 54.6 Å². The molecule has 2 rings (SSSR count). The fraction of sp³-hybridized carbons (Fsp3) is 0.211. The first-order chi connectivity index (χ1) is 12.4. The van der Waals surface area contributed by atoms with E-state index in [4.69, 9.17) is 10.5 Å². The smallest absolute Gasteiger partial charge is 0.341 e. The minimum atomic E-state index is -1.14. The number of para-hydroxylation sites is 2. The Hall–Kier alpha value is -3.35. The summed E-state index contributed by atoms with van der Waals surface area (Å²) < 4.78 is 5.34. The summed E-state index contributed by atoms with van der Waals surface area (Å²) in [5.74, 6) is -1.77. The number of anilines is 2. The molecule has 0 spiro atoms. The first kappa shape index (κ1) is 19.0. The van der Waals surface area contributed by atoms with Crippen LogP contribution in [-0.4, -0.2) is 24.0 Å². The summed E-state index contributed by atoms with van der Waals surface area (Å²) in [5, 5.41) is 5.08. The van der Waals surface area contributed by atoms with Crippen LogP contribution in [0.5, 0.6) is 0 Å². The predicted molar refractivity (Wildman–Crippen MR) is 97.9 cm³/mol. The van der Waals surface area contributed by atoms with Gasteiger partial charge in [0.2, 0.25) is 0 Å². The van der Waals surface area contributed by atoms with E-state index >= 15 is 0 Å². The number of nitrogens with two attached hydrogens (primary N) is 1. The third kappa shape index (κ3) is 5.07. The lowest BCUT2D eigenvalue weighted by Crippen LogP contribution is -2.45. The van der Waals surface area contributed by atoms with Crippen molar-refractivity contribution in [3.05, 3.63) is 60.2 Å². The standard InChI is InChI=1S/C19H21N3O4/c1-12(2)16(17(23)22-19(20)25)26-18(24)14-10-6-7-11-15(14)21-13-8-4-3-5-9-13/h3-12,16,21H,1-2H3,(H3,20,22,23,25)/t16-/m0/s1. The van der Waals surface area contributed by atoms with Crippen molar-refractivity contribution in [1.82, 2.24) is 5.32 Å². The highest BCUT2D eigenvalue weighted by Gasteiger charge is 2.28. The summed E-state index contributed by atoms with van der Waals surface area (Å²) in [7, 11) is 0. The maximum absolute atomic E-state index is 12.6. The van der Waals surface area contributed by atoms with E-state index in [0.29, 0.717) is 5.69 Å². The molecule has 0 saturated heterocycles. The van der Waals surface area contributed by atoms with Gasteiger partial charge in [-0.3, -0.25) is 10.1 Å². The van der Waals surface area contributed by atoms with Gasteiger partial charge in [-0.05, 0) is 30.2 Å². The van der Waals surface area contributed by atoms with E-state index in [0.717, 1.165) is 5.69 Å². The number of rotatable bonds is 6. The van der Waals surface area contributed by atoms with Crippen molar-refractivity contribution in [3.63, 3.8) is 0 Å². The maximum Gasteiger partial charge on any atom is 0.341 e. The molecular weight excluding hydrogens is 334 g/mol. The Balaban J connectivity index is 2.20. The number of primary amides is 1. The highest BCUT2D eigenvalue weighted by Crippen LogP contribution is 2.22. The van der Waals surface area contributed by atoms with Crippen molar-refractivity contribution in [2.75, 3.05) is 5.32 Å². The summed E-state index contributed by atoms with van der Waals surface area (Å²) in [4.78, 5) is 35.5. The van der Waals surface area contributed by atoms with Crippen molar-refractivity contribution < 1.29 is 19.1 Å². The molecule has 26 heavy (non-hydrogen) atoms. The number of benzene rings is 2. The Bertz CT molecular complexity index is 790. The van der Waals surface area contributed by atoms with Crippen LogP contribution in [0.2, 0.25) is 0 Å². The molecule has 0 fully saturated rings. The van der Waals surface area contributed by atoms with E-state index in [2.05, 4.69) is 5.32 Å². The first-order valence-electron chi connectivity index (χ1n) is 8.11. The molecule has 4 N–H and O–H groups in total. The summed E-state index contributed by atoms with van der Waals surface area (Å²) in [6.45, 7) is 3.40. The SMILES string of the molecule is CC(C)[C@H](OC(=O)c1ccccc1Nc1ccccc1)C(=O)NC(N)=O. The van der Waals surface area contributed by atoms with Gasteiger partial charge in [0.1, 0.15) is 0 Å². The molecular formula is C19H21N3O4. The van der Waals surface area contributed by atoms with E-state index in [1.165, 1.54) is 0 Å². The first-order valence-corrected chi connectivity index (χ1v) is 8.11. The number of nitrogens with one attached hydrogen (secondary N) is 2. The molecule has 0 aromatic heterocycles. The second-order valence-electron chi connectivity index (χ2n) is 5.96. The molecule has 7 nitrogen and oxygen atoms in total. The zero-order valence-electron chi connectivity index (χ0n) is 14.6. The number of urea groups is 1. The molecule has 0 bridgehead atoms. The normalized spacial score (nSPS) is 11.5.